The highest BCUT2D eigenvalue weighted by molar-refractivity contribution is 6.01. The van der Waals surface area contributed by atoms with E-state index in [2.05, 4.69) is 39.8 Å². The van der Waals surface area contributed by atoms with E-state index >= 15 is 0 Å². The third-order valence-electron chi connectivity index (χ3n) is 5.22. The number of nitrogens with one attached hydrogen (secondary N) is 2. The fourth-order valence-corrected chi connectivity index (χ4v) is 4.09. The predicted octanol–water partition coefficient (Wildman–Crippen LogP) is 3.84. The summed E-state index contributed by atoms with van der Waals surface area (Å²) in [4.78, 5) is 17.7. The Bertz CT molecular complexity index is 1090. The van der Waals surface area contributed by atoms with E-state index in [0.29, 0.717) is 18.1 Å². The number of para-hydroxylation sites is 1. The van der Waals surface area contributed by atoms with Gasteiger partial charge >= 0.3 is 0 Å². The van der Waals surface area contributed by atoms with Gasteiger partial charge < -0.3 is 10.6 Å². The van der Waals surface area contributed by atoms with Crippen molar-refractivity contribution >= 4 is 28.3 Å². The van der Waals surface area contributed by atoms with Crippen LogP contribution in [0, 0.1) is 5.41 Å². The quantitative estimate of drug-likeness (QED) is 0.680. The summed E-state index contributed by atoms with van der Waals surface area (Å²) < 4.78 is 4.91. The van der Waals surface area contributed by atoms with Crippen LogP contribution in [0.2, 0.25) is 0 Å². The van der Waals surface area contributed by atoms with Gasteiger partial charge in [-0.25, -0.2) is 4.63 Å². The number of aromatic nitrogens is 3. The lowest BCUT2D eigenvalue weighted by atomic mass is 9.73. The molecule has 3 aromatic rings. The molecule has 0 amide bonds. The largest absolute Gasteiger partial charge is 0.353 e. The van der Waals surface area contributed by atoms with E-state index < -0.39 is 0 Å². The molecule has 136 valence electrons. The first-order valence-corrected chi connectivity index (χ1v) is 8.98. The minimum Gasteiger partial charge on any atom is -0.353 e. The topological polar surface area (TPSA) is 92.9 Å². The molecule has 1 aromatic carbocycles. The van der Waals surface area contributed by atoms with Crippen LogP contribution < -0.4 is 10.6 Å². The van der Waals surface area contributed by atoms with E-state index in [1.807, 2.05) is 30.3 Å². The Labute approximate surface area is 155 Å². The van der Waals surface area contributed by atoms with Crippen molar-refractivity contribution in [3.8, 4) is 0 Å². The molecule has 3 heterocycles. The van der Waals surface area contributed by atoms with E-state index in [-0.39, 0.29) is 17.2 Å². The van der Waals surface area contributed by atoms with Gasteiger partial charge in [-0.05, 0) is 28.2 Å². The number of Topliss-reactive ketones (excluding diaryl/α,β-unsaturated/α-hetero) is 1. The molecule has 7 nitrogen and oxygen atoms in total. The minimum atomic E-state index is -0.372. The molecular formula is C20H19N5O2. The average molecular weight is 361 g/mol. The maximum Gasteiger partial charge on any atom is 0.219 e. The average Bonchev–Trinajstić information content (AvgIpc) is 2.99. The molecule has 0 fully saturated rings. The lowest BCUT2D eigenvalue weighted by Crippen LogP contribution is -2.31. The molecule has 0 saturated carbocycles. The number of hydrogen-bond donors (Lipinski definition) is 2. The second kappa shape index (κ2) is 5.64. The number of benzene rings is 1. The summed E-state index contributed by atoms with van der Waals surface area (Å²) in [5.41, 5.74) is 3.28. The summed E-state index contributed by atoms with van der Waals surface area (Å²) in [7, 11) is 0. The van der Waals surface area contributed by atoms with Crippen LogP contribution in [-0.2, 0) is 4.79 Å². The number of rotatable bonds is 1. The number of allylic oxidation sites excluding steroid dienone is 1. The number of pyridine rings is 1. The van der Waals surface area contributed by atoms with Crippen molar-refractivity contribution in [2.24, 2.45) is 5.41 Å². The first-order chi connectivity index (χ1) is 13.0. The van der Waals surface area contributed by atoms with Gasteiger partial charge in [0.15, 0.2) is 5.78 Å². The number of anilines is 2. The van der Waals surface area contributed by atoms with Crippen LogP contribution in [-0.4, -0.2) is 21.1 Å². The van der Waals surface area contributed by atoms with E-state index in [9.17, 15) is 4.79 Å². The SMILES string of the molecule is CC1(C)CC(=O)C2=C(C1)Nc1nonc1N[C@@H]2c1cccc2cccnc12. The first kappa shape index (κ1) is 16.0. The summed E-state index contributed by atoms with van der Waals surface area (Å²) in [6.45, 7) is 4.20. The van der Waals surface area contributed by atoms with Gasteiger partial charge in [-0.2, -0.15) is 0 Å². The van der Waals surface area contributed by atoms with E-state index in [1.54, 1.807) is 6.20 Å². The Hall–Kier alpha value is -3.22. The first-order valence-electron chi connectivity index (χ1n) is 8.98. The van der Waals surface area contributed by atoms with Gasteiger partial charge in [0.2, 0.25) is 11.6 Å². The van der Waals surface area contributed by atoms with Crippen molar-refractivity contribution in [1.82, 2.24) is 15.3 Å². The zero-order valence-corrected chi connectivity index (χ0v) is 15.1. The Balaban J connectivity index is 1.75. The van der Waals surface area contributed by atoms with Gasteiger partial charge in [0.25, 0.3) is 0 Å². The third-order valence-corrected chi connectivity index (χ3v) is 5.22. The third kappa shape index (κ3) is 2.58. The summed E-state index contributed by atoms with van der Waals surface area (Å²) in [6, 6.07) is 9.56. The number of hydrogen-bond acceptors (Lipinski definition) is 7. The van der Waals surface area contributed by atoms with Crippen LogP contribution in [0.1, 0.15) is 38.3 Å². The van der Waals surface area contributed by atoms with Crippen LogP contribution in [0.25, 0.3) is 10.9 Å². The summed E-state index contributed by atoms with van der Waals surface area (Å²) in [6.07, 6.45) is 3.01. The number of nitrogens with zero attached hydrogens (tertiary/aromatic N) is 3. The molecule has 0 bridgehead atoms. The molecule has 27 heavy (non-hydrogen) atoms. The summed E-state index contributed by atoms with van der Waals surface area (Å²) in [5, 5.41) is 15.6. The normalized spacial score (nSPS) is 21.1. The van der Waals surface area contributed by atoms with Crippen molar-refractivity contribution in [3.63, 3.8) is 0 Å². The Morgan fingerprint density at radius 3 is 2.81 bits per heavy atom. The van der Waals surface area contributed by atoms with Crippen LogP contribution >= 0.6 is 0 Å². The highest BCUT2D eigenvalue weighted by Crippen LogP contribution is 2.45. The number of fused-ring (bicyclic) bond motifs is 2. The number of ketones is 1. The highest BCUT2D eigenvalue weighted by atomic mass is 16.6. The van der Waals surface area contributed by atoms with E-state index in [0.717, 1.165) is 34.2 Å². The van der Waals surface area contributed by atoms with Gasteiger partial charge in [0.1, 0.15) is 0 Å². The predicted molar refractivity (Wildman–Crippen MR) is 101 cm³/mol. The maximum absolute atomic E-state index is 13.2. The molecule has 1 aliphatic carbocycles. The van der Waals surface area contributed by atoms with Gasteiger partial charge in [0.05, 0.1) is 11.6 Å². The maximum atomic E-state index is 13.2. The summed E-state index contributed by atoms with van der Waals surface area (Å²) in [5.74, 6) is 1.12. The van der Waals surface area contributed by atoms with Crippen LogP contribution in [0.5, 0.6) is 0 Å². The fourth-order valence-electron chi connectivity index (χ4n) is 4.09. The highest BCUT2D eigenvalue weighted by Gasteiger charge is 2.40. The zero-order chi connectivity index (χ0) is 18.6. The molecule has 2 N–H and O–H groups in total. The second-order valence-corrected chi connectivity index (χ2v) is 7.92. The standard InChI is InChI=1S/C20H19N5O2/c1-20(2)9-13-15(14(26)10-20)17(23-19-18(22-13)24-27-25-19)12-7-3-5-11-6-4-8-21-16(11)12/h3-8,17H,9-10H2,1-2H3,(H,22,24)(H,23,25)/t17-/m1/s1. The zero-order valence-electron chi connectivity index (χ0n) is 15.1. The molecule has 5 rings (SSSR count). The molecule has 1 aliphatic heterocycles. The number of carbonyl (C=O) groups excluding carboxylic acids is 1. The van der Waals surface area contributed by atoms with Crippen molar-refractivity contribution in [1.29, 1.82) is 0 Å². The van der Waals surface area contributed by atoms with Crippen LogP contribution in [0.15, 0.2) is 52.4 Å². The lowest BCUT2D eigenvalue weighted by Gasteiger charge is -2.34. The Morgan fingerprint density at radius 1 is 1.11 bits per heavy atom. The molecule has 7 heteroatoms. The molecular weight excluding hydrogens is 342 g/mol. The summed E-state index contributed by atoms with van der Waals surface area (Å²) >= 11 is 0. The lowest BCUT2D eigenvalue weighted by molar-refractivity contribution is -0.118. The molecule has 1 atom stereocenters. The van der Waals surface area contributed by atoms with Crippen LogP contribution in [0.4, 0.5) is 11.6 Å². The second-order valence-electron chi connectivity index (χ2n) is 7.92. The van der Waals surface area contributed by atoms with Crippen molar-refractivity contribution in [2.45, 2.75) is 32.7 Å². The van der Waals surface area contributed by atoms with Gasteiger partial charge in [-0.3, -0.25) is 9.78 Å². The van der Waals surface area contributed by atoms with Gasteiger partial charge in [-0.15, -0.1) is 0 Å². The monoisotopic (exact) mass is 361 g/mol. The Morgan fingerprint density at radius 2 is 1.93 bits per heavy atom. The fraction of sp³-hybridized carbons (Fsp3) is 0.300. The van der Waals surface area contributed by atoms with Crippen molar-refractivity contribution in [3.05, 3.63) is 53.4 Å². The smallest absolute Gasteiger partial charge is 0.219 e. The molecule has 0 saturated heterocycles. The Kier molecular flexibility index (Phi) is 3.34. The molecule has 2 aliphatic rings. The molecule has 0 unspecified atom stereocenters. The van der Waals surface area contributed by atoms with Gasteiger partial charge in [0, 0.05) is 34.8 Å². The van der Waals surface area contributed by atoms with E-state index in [1.165, 1.54) is 0 Å². The van der Waals surface area contributed by atoms with Crippen LogP contribution in [0.3, 0.4) is 0 Å². The number of carbonyl (C=O) groups is 1. The molecule has 0 spiro atoms. The minimum absolute atomic E-state index is 0.119. The molecule has 0 radical (unpaired) electrons. The van der Waals surface area contributed by atoms with Gasteiger partial charge in [-0.1, -0.05) is 38.1 Å². The van der Waals surface area contributed by atoms with Crippen molar-refractivity contribution in [2.75, 3.05) is 10.6 Å². The van der Waals surface area contributed by atoms with Crippen molar-refractivity contribution < 1.29 is 9.42 Å². The molecule has 2 aromatic heterocycles. The van der Waals surface area contributed by atoms with E-state index in [4.69, 9.17) is 4.63 Å².